The van der Waals surface area contributed by atoms with Crippen LogP contribution >= 0.6 is 0 Å². The molecule has 3 rings (SSSR count). The van der Waals surface area contributed by atoms with Gasteiger partial charge in [0.2, 0.25) is 11.8 Å². The van der Waals surface area contributed by atoms with Crippen LogP contribution in [0, 0.1) is 5.82 Å². The third-order valence-corrected chi connectivity index (χ3v) is 3.41. The van der Waals surface area contributed by atoms with E-state index in [2.05, 4.69) is 10.6 Å². The Kier molecular flexibility index (Phi) is 3.43. The minimum absolute atomic E-state index is 0.123. The Morgan fingerprint density at radius 2 is 2.10 bits per heavy atom. The second-order valence-electron chi connectivity index (χ2n) is 4.90. The van der Waals surface area contributed by atoms with Crippen molar-refractivity contribution in [3.63, 3.8) is 0 Å². The summed E-state index contributed by atoms with van der Waals surface area (Å²) in [6, 6.07) is 7.43. The van der Waals surface area contributed by atoms with Gasteiger partial charge in [0.15, 0.2) is 0 Å². The number of nitrogens with one attached hydrogen (secondary N) is 2. The Bertz CT molecular complexity index is 682. The Morgan fingerprint density at radius 1 is 1.33 bits per heavy atom. The van der Waals surface area contributed by atoms with Crippen molar-refractivity contribution in [1.82, 2.24) is 9.88 Å². The van der Waals surface area contributed by atoms with Crippen LogP contribution in [-0.4, -0.2) is 22.4 Å². The molecule has 2 aromatic rings. The average Bonchev–Trinajstić information content (AvgIpc) is 3.12. The number of nitrogens with zero attached hydrogens (tertiary/aromatic N) is 1. The fourth-order valence-corrected chi connectivity index (χ4v) is 2.32. The van der Waals surface area contributed by atoms with Gasteiger partial charge in [-0.2, -0.15) is 0 Å². The molecule has 0 spiro atoms. The number of rotatable bonds is 3. The molecule has 1 aromatic heterocycles. The molecule has 5 nitrogen and oxygen atoms in total. The number of anilines is 1. The Labute approximate surface area is 120 Å². The maximum atomic E-state index is 13.8. The predicted octanol–water partition coefficient (Wildman–Crippen LogP) is 1.83. The number of carbonyl (C=O) groups is 2. The molecule has 0 unspecified atom stereocenters. The van der Waals surface area contributed by atoms with Gasteiger partial charge in [0, 0.05) is 24.5 Å². The first-order valence-corrected chi connectivity index (χ1v) is 6.66. The second kappa shape index (κ2) is 5.40. The summed E-state index contributed by atoms with van der Waals surface area (Å²) >= 11 is 0. The summed E-state index contributed by atoms with van der Waals surface area (Å²) in [4.78, 5) is 23.1. The first-order chi connectivity index (χ1) is 10.1. The number of aromatic nitrogens is 1. The van der Waals surface area contributed by atoms with Crippen LogP contribution in [0.15, 0.2) is 42.7 Å². The summed E-state index contributed by atoms with van der Waals surface area (Å²) < 4.78 is 15.5. The summed E-state index contributed by atoms with van der Waals surface area (Å²) in [7, 11) is 0. The molecule has 2 heterocycles. The first kappa shape index (κ1) is 13.4. The fourth-order valence-electron chi connectivity index (χ4n) is 2.32. The van der Waals surface area contributed by atoms with Crippen LogP contribution < -0.4 is 10.6 Å². The zero-order valence-corrected chi connectivity index (χ0v) is 11.2. The molecule has 0 saturated carbocycles. The van der Waals surface area contributed by atoms with E-state index in [0.29, 0.717) is 24.2 Å². The summed E-state index contributed by atoms with van der Waals surface area (Å²) in [5, 5.41) is 5.30. The van der Waals surface area contributed by atoms with Crippen LogP contribution in [0.4, 0.5) is 10.1 Å². The van der Waals surface area contributed by atoms with E-state index in [-0.39, 0.29) is 17.6 Å². The molecule has 1 aliphatic heterocycles. The highest BCUT2D eigenvalue weighted by atomic mass is 19.1. The van der Waals surface area contributed by atoms with Crippen molar-refractivity contribution in [2.75, 3.05) is 5.32 Å². The van der Waals surface area contributed by atoms with Crippen molar-refractivity contribution >= 4 is 17.5 Å². The molecule has 0 aliphatic carbocycles. The third kappa shape index (κ3) is 2.79. The quantitative estimate of drug-likeness (QED) is 0.904. The Balaban J connectivity index is 1.79. The maximum absolute atomic E-state index is 13.8. The van der Waals surface area contributed by atoms with Crippen LogP contribution in [0.5, 0.6) is 0 Å². The van der Waals surface area contributed by atoms with Gasteiger partial charge in [-0.05, 0) is 36.8 Å². The van der Waals surface area contributed by atoms with Gasteiger partial charge >= 0.3 is 0 Å². The van der Waals surface area contributed by atoms with E-state index in [0.717, 1.165) is 0 Å². The molecule has 108 valence electrons. The highest BCUT2D eigenvalue weighted by molar-refractivity contribution is 5.99. The lowest BCUT2D eigenvalue weighted by Crippen LogP contribution is -2.37. The minimum Gasteiger partial charge on any atom is -0.344 e. The molecule has 21 heavy (non-hydrogen) atoms. The summed E-state index contributed by atoms with van der Waals surface area (Å²) in [6.07, 6.45) is 4.29. The first-order valence-electron chi connectivity index (χ1n) is 6.66. The van der Waals surface area contributed by atoms with Crippen molar-refractivity contribution in [2.24, 2.45) is 0 Å². The van der Waals surface area contributed by atoms with E-state index in [1.807, 2.05) is 0 Å². The molecule has 1 saturated heterocycles. The number of hydrogen-bond acceptors (Lipinski definition) is 2. The van der Waals surface area contributed by atoms with E-state index in [4.69, 9.17) is 0 Å². The molecule has 2 amide bonds. The standard InChI is InChI=1S/C15H14FN3O2/c16-11-4-3-10(9-13(11)19-7-1-2-8-19)17-15(21)12-5-6-14(20)18-12/h1-4,7-9,12H,5-6H2,(H,17,21)(H,18,20)/t12-/m1/s1. The van der Waals surface area contributed by atoms with E-state index < -0.39 is 6.04 Å². The van der Waals surface area contributed by atoms with Crippen LogP contribution in [0.2, 0.25) is 0 Å². The smallest absolute Gasteiger partial charge is 0.246 e. The molecular formula is C15H14FN3O2. The van der Waals surface area contributed by atoms with E-state index in [9.17, 15) is 14.0 Å². The van der Waals surface area contributed by atoms with Gasteiger partial charge in [-0.15, -0.1) is 0 Å². The number of amides is 2. The molecule has 1 atom stereocenters. The van der Waals surface area contributed by atoms with Gasteiger partial charge in [-0.1, -0.05) is 0 Å². The Morgan fingerprint density at radius 3 is 2.76 bits per heavy atom. The lowest BCUT2D eigenvalue weighted by Gasteiger charge is -2.12. The molecule has 6 heteroatoms. The van der Waals surface area contributed by atoms with Crippen LogP contribution in [0.3, 0.4) is 0 Å². The topological polar surface area (TPSA) is 63.1 Å². The average molecular weight is 287 g/mol. The molecule has 2 N–H and O–H groups in total. The number of hydrogen-bond donors (Lipinski definition) is 2. The monoisotopic (exact) mass is 287 g/mol. The highest BCUT2D eigenvalue weighted by Crippen LogP contribution is 2.20. The van der Waals surface area contributed by atoms with Crippen molar-refractivity contribution < 1.29 is 14.0 Å². The van der Waals surface area contributed by atoms with E-state index in [1.54, 1.807) is 35.2 Å². The molecule has 0 radical (unpaired) electrons. The van der Waals surface area contributed by atoms with Crippen molar-refractivity contribution in [1.29, 1.82) is 0 Å². The SMILES string of the molecule is O=C1CC[C@H](C(=O)Nc2ccc(F)c(-n3cccc3)c2)N1. The number of benzene rings is 1. The van der Waals surface area contributed by atoms with Gasteiger partial charge < -0.3 is 15.2 Å². The summed E-state index contributed by atoms with van der Waals surface area (Å²) in [5.41, 5.74) is 0.847. The van der Waals surface area contributed by atoms with Crippen LogP contribution in [0.1, 0.15) is 12.8 Å². The lowest BCUT2D eigenvalue weighted by molar-refractivity contribution is -0.122. The molecule has 0 bridgehead atoms. The van der Waals surface area contributed by atoms with Crippen LogP contribution in [0.25, 0.3) is 5.69 Å². The van der Waals surface area contributed by atoms with Crippen LogP contribution in [-0.2, 0) is 9.59 Å². The zero-order valence-electron chi connectivity index (χ0n) is 11.2. The van der Waals surface area contributed by atoms with Gasteiger partial charge in [0.05, 0.1) is 5.69 Å². The largest absolute Gasteiger partial charge is 0.344 e. The van der Waals surface area contributed by atoms with Crippen molar-refractivity contribution in [3.8, 4) is 5.69 Å². The predicted molar refractivity (Wildman–Crippen MR) is 75.5 cm³/mol. The van der Waals surface area contributed by atoms with E-state index >= 15 is 0 Å². The zero-order chi connectivity index (χ0) is 14.8. The minimum atomic E-state index is -0.516. The van der Waals surface area contributed by atoms with Crippen molar-refractivity contribution in [3.05, 3.63) is 48.5 Å². The van der Waals surface area contributed by atoms with Gasteiger partial charge in [0.25, 0.3) is 0 Å². The van der Waals surface area contributed by atoms with Crippen molar-refractivity contribution in [2.45, 2.75) is 18.9 Å². The fraction of sp³-hybridized carbons (Fsp3) is 0.200. The highest BCUT2D eigenvalue weighted by Gasteiger charge is 2.27. The molecule has 1 aliphatic rings. The number of halogens is 1. The second-order valence-corrected chi connectivity index (χ2v) is 4.90. The summed E-state index contributed by atoms with van der Waals surface area (Å²) in [6.45, 7) is 0. The third-order valence-electron chi connectivity index (χ3n) is 3.41. The molecular weight excluding hydrogens is 273 g/mol. The molecule has 1 fully saturated rings. The Hall–Kier alpha value is -2.63. The maximum Gasteiger partial charge on any atom is 0.246 e. The number of carbonyl (C=O) groups excluding carboxylic acids is 2. The van der Waals surface area contributed by atoms with Gasteiger partial charge in [0.1, 0.15) is 11.9 Å². The molecule has 1 aromatic carbocycles. The normalized spacial score (nSPS) is 17.6. The van der Waals surface area contributed by atoms with E-state index in [1.165, 1.54) is 12.1 Å². The van der Waals surface area contributed by atoms with Gasteiger partial charge in [-0.25, -0.2) is 4.39 Å². The van der Waals surface area contributed by atoms with Gasteiger partial charge in [-0.3, -0.25) is 9.59 Å². The summed E-state index contributed by atoms with van der Waals surface area (Å²) in [5.74, 6) is -0.786. The lowest BCUT2D eigenvalue weighted by atomic mass is 10.2.